The highest BCUT2D eigenvalue weighted by Gasteiger charge is 2.34. The molecule has 36 heavy (non-hydrogen) atoms. The van der Waals surface area contributed by atoms with Gasteiger partial charge < -0.3 is 19.6 Å². The Kier molecular flexibility index (Phi) is 7.56. The predicted octanol–water partition coefficient (Wildman–Crippen LogP) is 4.71. The van der Waals surface area contributed by atoms with Gasteiger partial charge in [-0.05, 0) is 30.5 Å². The number of carbonyl (C=O) groups is 1. The second-order valence-corrected chi connectivity index (χ2v) is 7.85. The van der Waals surface area contributed by atoms with Crippen molar-refractivity contribution in [2.24, 2.45) is 0 Å². The van der Waals surface area contributed by atoms with E-state index in [1.165, 1.54) is 30.3 Å². The number of hydrogen-bond donors (Lipinski definition) is 1. The molecule has 3 aromatic rings. The molecule has 2 heterocycles. The number of methoxy groups -OCH3 is 1. The SMILES string of the molecule is COC(=O)C1CCCN1Nc1c(F)c(F)nc(Oc2cc(C#N)ccc2OCc2ccccc2)c1F. The lowest BCUT2D eigenvalue weighted by atomic mass is 10.2. The van der Waals surface area contributed by atoms with Crippen molar-refractivity contribution in [2.75, 3.05) is 19.1 Å². The van der Waals surface area contributed by atoms with Gasteiger partial charge in [-0.1, -0.05) is 30.3 Å². The topological polar surface area (TPSA) is 96.7 Å². The highest BCUT2D eigenvalue weighted by Crippen LogP contribution is 2.36. The van der Waals surface area contributed by atoms with Gasteiger partial charge in [-0.15, -0.1) is 0 Å². The minimum atomic E-state index is -1.62. The minimum Gasteiger partial charge on any atom is -0.485 e. The number of nitriles is 1. The lowest BCUT2D eigenvalue weighted by Gasteiger charge is -2.25. The second-order valence-electron chi connectivity index (χ2n) is 7.85. The standard InChI is InChI=1S/C25H21F3N4O4/c1-34-25(33)17-8-5-11-32(17)31-22-20(26)23(28)30-24(21(22)27)36-19-12-16(13-29)9-10-18(19)35-14-15-6-3-2-4-7-15/h2-4,6-7,9-10,12,17H,5,8,11,14H2,1H3,(H,30,31). The molecule has 1 aliphatic rings. The summed E-state index contributed by atoms with van der Waals surface area (Å²) in [5.41, 5.74) is 2.55. The van der Waals surface area contributed by atoms with Gasteiger partial charge in [0, 0.05) is 12.6 Å². The van der Waals surface area contributed by atoms with Crippen LogP contribution in [0.3, 0.4) is 0 Å². The number of nitrogens with one attached hydrogen (secondary N) is 1. The predicted molar refractivity (Wildman–Crippen MR) is 121 cm³/mol. The summed E-state index contributed by atoms with van der Waals surface area (Å²) >= 11 is 0. The smallest absolute Gasteiger partial charge is 0.324 e. The van der Waals surface area contributed by atoms with E-state index in [0.717, 1.165) is 5.56 Å². The fourth-order valence-electron chi connectivity index (χ4n) is 3.70. The lowest BCUT2D eigenvalue weighted by molar-refractivity contribution is -0.145. The minimum absolute atomic E-state index is 0.123. The summed E-state index contributed by atoms with van der Waals surface area (Å²) in [6, 6.07) is 14.5. The molecule has 0 spiro atoms. The van der Waals surface area contributed by atoms with Gasteiger partial charge in [0.05, 0.1) is 18.7 Å². The van der Waals surface area contributed by atoms with Crippen molar-refractivity contribution in [2.45, 2.75) is 25.5 Å². The van der Waals surface area contributed by atoms with Crippen LogP contribution in [-0.4, -0.2) is 35.7 Å². The van der Waals surface area contributed by atoms with E-state index in [1.54, 1.807) is 0 Å². The Balaban J connectivity index is 1.63. The molecule has 1 aliphatic heterocycles. The van der Waals surface area contributed by atoms with Crippen molar-refractivity contribution >= 4 is 11.7 Å². The molecule has 2 aromatic carbocycles. The number of aromatic nitrogens is 1. The Hall–Kier alpha value is -4.30. The molecule has 1 saturated heterocycles. The van der Waals surface area contributed by atoms with Crippen LogP contribution < -0.4 is 14.9 Å². The summed E-state index contributed by atoms with van der Waals surface area (Å²) in [7, 11) is 1.20. The number of nitrogens with zero attached hydrogens (tertiary/aromatic N) is 3. The number of ether oxygens (including phenoxy) is 3. The number of benzene rings is 2. The molecule has 0 amide bonds. The molecule has 4 rings (SSSR count). The first-order valence-electron chi connectivity index (χ1n) is 11.0. The van der Waals surface area contributed by atoms with Crippen molar-refractivity contribution in [3.8, 4) is 23.4 Å². The Morgan fingerprint density at radius 1 is 1.17 bits per heavy atom. The van der Waals surface area contributed by atoms with Crippen LogP contribution in [0.4, 0.5) is 18.9 Å². The summed E-state index contributed by atoms with van der Waals surface area (Å²) in [5.74, 6) is -6.01. The third kappa shape index (κ3) is 5.34. The zero-order chi connectivity index (χ0) is 25.7. The molecule has 8 nitrogen and oxygen atoms in total. The first kappa shape index (κ1) is 24.8. The van der Waals surface area contributed by atoms with Crippen LogP contribution in [-0.2, 0) is 16.1 Å². The Morgan fingerprint density at radius 3 is 2.67 bits per heavy atom. The Bertz CT molecular complexity index is 1300. The molecule has 0 saturated carbocycles. The maximum atomic E-state index is 15.3. The van der Waals surface area contributed by atoms with E-state index in [4.69, 9.17) is 14.2 Å². The maximum Gasteiger partial charge on any atom is 0.324 e. The van der Waals surface area contributed by atoms with E-state index in [2.05, 4.69) is 10.4 Å². The van der Waals surface area contributed by atoms with Gasteiger partial charge in [-0.25, -0.2) is 5.01 Å². The molecule has 1 atom stereocenters. The summed E-state index contributed by atoms with van der Waals surface area (Å²) in [6.45, 7) is 0.397. The Labute approximate surface area is 204 Å². The van der Waals surface area contributed by atoms with Gasteiger partial charge >= 0.3 is 5.97 Å². The number of esters is 1. The van der Waals surface area contributed by atoms with Crippen LogP contribution in [0.1, 0.15) is 24.0 Å². The second kappa shape index (κ2) is 11.0. The lowest BCUT2D eigenvalue weighted by Crippen LogP contribution is -2.41. The molecule has 1 unspecified atom stereocenters. The average molecular weight is 498 g/mol. The van der Waals surface area contributed by atoms with E-state index in [9.17, 15) is 18.8 Å². The number of halogens is 3. The molecule has 186 valence electrons. The van der Waals surface area contributed by atoms with Crippen molar-refractivity contribution in [3.05, 3.63) is 77.2 Å². The maximum absolute atomic E-state index is 15.3. The third-order valence-corrected chi connectivity index (χ3v) is 5.51. The summed E-state index contributed by atoms with van der Waals surface area (Å²) in [6.07, 6.45) is 0.943. The van der Waals surface area contributed by atoms with Crippen molar-refractivity contribution in [1.82, 2.24) is 9.99 Å². The van der Waals surface area contributed by atoms with Crippen LogP contribution in [0.15, 0.2) is 48.5 Å². The van der Waals surface area contributed by atoms with Crippen LogP contribution in [0.25, 0.3) is 0 Å². The normalized spacial score (nSPS) is 15.2. The van der Waals surface area contributed by atoms with E-state index >= 15 is 4.39 Å². The van der Waals surface area contributed by atoms with E-state index < -0.39 is 41.2 Å². The third-order valence-electron chi connectivity index (χ3n) is 5.51. The van der Waals surface area contributed by atoms with E-state index in [0.29, 0.717) is 12.8 Å². The van der Waals surface area contributed by atoms with Crippen LogP contribution in [0, 0.1) is 28.9 Å². The fourth-order valence-corrected chi connectivity index (χ4v) is 3.70. The molecular weight excluding hydrogens is 477 g/mol. The first-order valence-corrected chi connectivity index (χ1v) is 11.0. The summed E-state index contributed by atoms with van der Waals surface area (Å²) in [5, 5.41) is 10.5. The van der Waals surface area contributed by atoms with Gasteiger partial charge in [0.25, 0.3) is 11.8 Å². The quantitative estimate of drug-likeness (QED) is 0.353. The average Bonchev–Trinajstić information content (AvgIpc) is 3.37. The largest absolute Gasteiger partial charge is 0.485 e. The number of rotatable bonds is 8. The number of carbonyl (C=O) groups excluding carboxylic acids is 1. The van der Waals surface area contributed by atoms with E-state index in [-0.39, 0.29) is 30.2 Å². The van der Waals surface area contributed by atoms with Gasteiger partial charge in [0.1, 0.15) is 18.3 Å². The highest BCUT2D eigenvalue weighted by atomic mass is 19.2. The molecule has 1 fully saturated rings. The number of pyridine rings is 1. The monoisotopic (exact) mass is 498 g/mol. The highest BCUT2D eigenvalue weighted by molar-refractivity contribution is 5.76. The first-order chi connectivity index (χ1) is 17.4. The Morgan fingerprint density at radius 2 is 1.94 bits per heavy atom. The number of anilines is 1. The number of hydrogen-bond acceptors (Lipinski definition) is 8. The summed E-state index contributed by atoms with van der Waals surface area (Å²) < 4.78 is 60.2. The molecule has 1 aromatic heterocycles. The molecule has 0 radical (unpaired) electrons. The molecule has 1 N–H and O–H groups in total. The zero-order valence-electron chi connectivity index (χ0n) is 19.1. The van der Waals surface area contributed by atoms with Gasteiger partial charge in [0.15, 0.2) is 11.5 Å². The van der Waals surface area contributed by atoms with Gasteiger partial charge in [-0.3, -0.25) is 4.79 Å². The number of hydrazine groups is 1. The van der Waals surface area contributed by atoms with Crippen LogP contribution in [0.2, 0.25) is 0 Å². The van der Waals surface area contributed by atoms with Crippen molar-refractivity contribution < 1.29 is 32.2 Å². The van der Waals surface area contributed by atoms with Crippen molar-refractivity contribution in [1.29, 1.82) is 5.26 Å². The van der Waals surface area contributed by atoms with Crippen molar-refractivity contribution in [3.63, 3.8) is 0 Å². The van der Waals surface area contributed by atoms with Gasteiger partial charge in [-0.2, -0.15) is 23.4 Å². The molecule has 0 bridgehead atoms. The van der Waals surface area contributed by atoms with E-state index in [1.807, 2.05) is 36.4 Å². The zero-order valence-corrected chi connectivity index (χ0v) is 19.1. The molecular formula is C25H21F3N4O4. The molecule has 0 aliphatic carbocycles. The fraction of sp³-hybridized carbons (Fsp3) is 0.240. The van der Waals surface area contributed by atoms with Gasteiger partial charge in [0.2, 0.25) is 11.6 Å². The molecule has 11 heteroatoms. The van der Waals surface area contributed by atoms with Crippen LogP contribution >= 0.6 is 0 Å². The summed E-state index contributed by atoms with van der Waals surface area (Å²) in [4.78, 5) is 15.2. The van der Waals surface area contributed by atoms with Crippen LogP contribution in [0.5, 0.6) is 17.4 Å².